The third-order valence-corrected chi connectivity index (χ3v) is 17.8. The summed E-state index contributed by atoms with van der Waals surface area (Å²) in [7, 11) is 8.41. The van der Waals surface area contributed by atoms with Crippen LogP contribution in [0.15, 0.2) is 54.6 Å². The van der Waals surface area contributed by atoms with Gasteiger partial charge < -0.3 is 14.9 Å². The molecule has 0 amide bonds. The summed E-state index contributed by atoms with van der Waals surface area (Å²) in [5.41, 5.74) is 7.08. The molecule has 9 atom stereocenters. The van der Waals surface area contributed by atoms with E-state index in [0.29, 0.717) is 0 Å². The molecule has 238 valence electrons. The molecule has 2 aromatic carbocycles. The summed E-state index contributed by atoms with van der Waals surface area (Å²) in [5, 5.41) is 0. The average Bonchev–Trinajstić information content (AvgIpc) is 3.52. The van der Waals surface area contributed by atoms with Crippen molar-refractivity contribution < 1.29 is 20.8 Å². The predicted molar refractivity (Wildman–Crippen MR) is 191 cm³/mol. The van der Waals surface area contributed by atoms with E-state index in [1.807, 2.05) is 0 Å². The van der Waals surface area contributed by atoms with Gasteiger partial charge in [-0.1, -0.05) is 127 Å². The molecule has 4 aliphatic rings. The molecule has 6 rings (SSSR count). The van der Waals surface area contributed by atoms with Crippen molar-refractivity contribution in [2.45, 2.75) is 127 Å². The van der Waals surface area contributed by atoms with Crippen LogP contribution in [0.3, 0.4) is 0 Å². The van der Waals surface area contributed by atoms with Crippen LogP contribution in [0.4, 0.5) is 0 Å². The molecule has 4 heteroatoms. The second kappa shape index (κ2) is 15.8. The first-order valence-electron chi connectivity index (χ1n) is 16.7. The Labute approximate surface area is 286 Å². The average molecular weight is 719 g/mol. The van der Waals surface area contributed by atoms with E-state index in [1.54, 1.807) is 11.1 Å². The molecule has 0 saturated heterocycles. The van der Waals surface area contributed by atoms with Gasteiger partial charge in [-0.25, -0.2) is 0 Å². The first-order chi connectivity index (χ1) is 19.6. The van der Waals surface area contributed by atoms with Crippen molar-refractivity contribution >= 4 is 25.1 Å². The van der Waals surface area contributed by atoms with E-state index in [2.05, 4.69) is 95.4 Å². The van der Waals surface area contributed by atoms with Crippen molar-refractivity contribution in [3.63, 3.8) is 0 Å². The van der Waals surface area contributed by atoms with Crippen LogP contribution in [0.1, 0.15) is 114 Å². The van der Waals surface area contributed by atoms with Crippen LogP contribution in [0.5, 0.6) is 0 Å². The summed E-state index contributed by atoms with van der Waals surface area (Å²) in [4.78, 5) is 0. The summed E-state index contributed by atoms with van der Waals surface area (Å²) in [6.07, 6.45) is 13.3. The van der Waals surface area contributed by atoms with Crippen LogP contribution < -0.4 is 0 Å². The fraction of sp³-hybridized carbons (Fsp3) is 0.641. The number of halogens is 2. The van der Waals surface area contributed by atoms with Crippen LogP contribution in [0.2, 0.25) is 24.2 Å². The summed E-state index contributed by atoms with van der Waals surface area (Å²) in [5.74, 6) is 6.39. The van der Waals surface area contributed by atoms with Crippen molar-refractivity contribution in [2.24, 2.45) is 29.6 Å². The molecule has 4 saturated carbocycles. The van der Waals surface area contributed by atoms with Gasteiger partial charge in [-0.3, -0.25) is 0 Å². The zero-order valence-electron chi connectivity index (χ0n) is 28.5. The minimum absolute atomic E-state index is 0. The molecule has 0 nitrogen and oxygen atoms in total. The fourth-order valence-corrected chi connectivity index (χ4v) is 17.0. The van der Waals surface area contributed by atoms with Crippen LogP contribution in [-0.4, -0.2) is 8.07 Å². The molecule has 9 unspecified atom stereocenters. The van der Waals surface area contributed by atoms with Gasteiger partial charge in [0.1, 0.15) is 0 Å². The van der Waals surface area contributed by atoms with E-state index >= 15 is 0 Å². The maximum absolute atomic E-state index is 4.93. The van der Waals surface area contributed by atoms with Crippen molar-refractivity contribution in [2.75, 3.05) is 0 Å². The quantitative estimate of drug-likeness (QED) is 0.218. The van der Waals surface area contributed by atoms with Gasteiger partial charge in [0.05, 0.1) is 8.07 Å². The molecule has 0 heterocycles. The zero-order chi connectivity index (χ0) is 29.4. The van der Waals surface area contributed by atoms with Crippen LogP contribution >= 0.6 is 17.0 Å². The van der Waals surface area contributed by atoms with Crippen LogP contribution in [0, 0.1) is 44.4 Å². The number of hydrogen-bond acceptors (Lipinski definition) is 0. The molecule has 4 fully saturated rings. The van der Waals surface area contributed by atoms with Gasteiger partial charge in [0.15, 0.2) is 0 Å². The molecule has 2 aromatic rings. The number of fused-ring (bicyclic) bond motifs is 2. The van der Waals surface area contributed by atoms with Crippen molar-refractivity contribution in [1.29, 1.82) is 0 Å². The Hall–Kier alpha value is 0.120. The van der Waals surface area contributed by atoms with Gasteiger partial charge >= 0.3 is 37.9 Å². The molecule has 4 aliphatic carbocycles. The van der Waals surface area contributed by atoms with Crippen LogP contribution in [0.25, 0.3) is 0 Å². The Morgan fingerprint density at radius 1 is 0.674 bits per heavy atom. The van der Waals surface area contributed by atoms with Gasteiger partial charge in [0.25, 0.3) is 0 Å². The third-order valence-electron chi connectivity index (χ3n) is 12.5. The topological polar surface area (TPSA) is 0 Å². The second-order valence-corrected chi connectivity index (χ2v) is 24.6. The number of benzene rings is 2. The van der Waals surface area contributed by atoms with Gasteiger partial charge in [-0.15, -0.1) is 0 Å². The fourth-order valence-electron chi connectivity index (χ4n) is 11.0. The molecular weight excluding hydrogens is 659 g/mol. The molecule has 0 aromatic heterocycles. The second-order valence-electron chi connectivity index (χ2n) is 15.8. The SMILES string of the molecule is CC1CC2C(c3ccc(C(C)(C)C)cc3)CCCC2C1[Si](C)(C)C1CC(c2ccccc2)C2CCCCC21.[CH3-].[CH3-].[Cl][Zr+2][Cl]. The Morgan fingerprint density at radius 3 is 1.84 bits per heavy atom. The third kappa shape index (κ3) is 7.82. The molecule has 0 bridgehead atoms. The number of rotatable bonds is 4. The van der Waals surface area contributed by atoms with E-state index in [9.17, 15) is 0 Å². The van der Waals surface area contributed by atoms with Crippen molar-refractivity contribution in [3.05, 3.63) is 86.1 Å². The van der Waals surface area contributed by atoms with Gasteiger partial charge in [-0.05, 0) is 100 Å². The first-order valence-corrected chi connectivity index (χ1v) is 26.2. The molecule has 0 spiro atoms. The monoisotopic (exact) mass is 716 g/mol. The van der Waals surface area contributed by atoms with Crippen LogP contribution in [-0.2, 0) is 26.3 Å². The van der Waals surface area contributed by atoms with Crippen molar-refractivity contribution in [3.8, 4) is 0 Å². The first kappa shape index (κ1) is 37.6. The summed E-state index contributed by atoms with van der Waals surface area (Å²) < 4.78 is 0. The Bertz CT molecular complexity index is 1110. The van der Waals surface area contributed by atoms with E-state index in [4.69, 9.17) is 17.0 Å². The molecular formula is C39H60Cl2SiZr. The summed E-state index contributed by atoms with van der Waals surface area (Å²) >= 11 is -0.826. The Kier molecular flexibility index (Phi) is 13.8. The summed E-state index contributed by atoms with van der Waals surface area (Å²) in [6.45, 7) is 15.5. The van der Waals surface area contributed by atoms with E-state index in [1.165, 1.54) is 63.4 Å². The number of hydrogen-bond donors (Lipinski definition) is 0. The van der Waals surface area contributed by atoms with Gasteiger partial charge in [-0.2, -0.15) is 0 Å². The van der Waals surface area contributed by atoms with E-state index in [0.717, 1.165) is 52.5 Å². The predicted octanol–water partition coefficient (Wildman–Crippen LogP) is 13.2. The standard InChI is InChI=1S/C37H54Si.2CH3.2ClH.Zr/c1-25-23-34-29(27-19-21-28(22-20-27)37(2,3)4)17-12-18-32(34)36(25)38(5,6)35-24-33(26-13-8-7-9-14-26)30-15-10-11-16-31(30)35;;;;;/h7-9,13-14,19-22,25,29-36H,10-12,15-18,23-24H2,1-6H3;2*1H3;2*1H;/q;2*-1;;;+4/p-2. The Morgan fingerprint density at radius 2 is 1.23 bits per heavy atom. The summed E-state index contributed by atoms with van der Waals surface area (Å²) in [6, 6.07) is 21.6. The van der Waals surface area contributed by atoms with Gasteiger partial charge in [0, 0.05) is 0 Å². The van der Waals surface area contributed by atoms with E-state index in [-0.39, 0.29) is 20.3 Å². The minimum atomic E-state index is -1.46. The van der Waals surface area contributed by atoms with E-state index < -0.39 is 28.9 Å². The molecule has 0 N–H and O–H groups in total. The molecule has 0 aliphatic heterocycles. The molecule has 43 heavy (non-hydrogen) atoms. The van der Waals surface area contributed by atoms with Crippen molar-refractivity contribution in [1.82, 2.24) is 0 Å². The Balaban J connectivity index is 0.000000973. The maximum atomic E-state index is 4.93. The zero-order valence-corrected chi connectivity index (χ0v) is 33.5. The normalized spacial score (nSPS) is 33.4. The van der Waals surface area contributed by atoms with Gasteiger partial charge in [0.2, 0.25) is 0 Å². The molecule has 0 radical (unpaired) electrons.